The summed E-state index contributed by atoms with van der Waals surface area (Å²) in [6.45, 7) is 15.1. The third-order valence-electron chi connectivity index (χ3n) is 2.60. The fraction of sp³-hybridized carbons (Fsp3) is 0.0769. The molecule has 80 valence electrons. The molecule has 1 aliphatic heterocycles. The van der Waals surface area contributed by atoms with E-state index in [9.17, 15) is 4.79 Å². The molecule has 1 aromatic rings. The zero-order chi connectivity index (χ0) is 11.9. The Balaban J connectivity index is 2.95. The minimum Gasteiger partial charge on any atom is -0.268 e. The van der Waals surface area contributed by atoms with Gasteiger partial charge in [-0.2, -0.15) is 0 Å². The largest absolute Gasteiger partial charge is 0.268 e. The molecule has 0 amide bonds. The van der Waals surface area contributed by atoms with Gasteiger partial charge in [0, 0.05) is 5.70 Å². The maximum Gasteiger partial charge on any atom is 0.265 e. The average Bonchev–Trinajstić information content (AvgIpc) is 2.37. The van der Waals surface area contributed by atoms with Gasteiger partial charge in [-0.25, -0.2) is 4.98 Å². The van der Waals surface area contributed by atoms with E-state index in [4.69, 9.17) is 0 Å². The van der Waals surface area contributed by atoms with Crippen LogP contribution in [0.2, 0.25) is 0 Å². The van der Waals surface area contributed by atoms with Gasteiger partial charge in [0.05, 0.1) is 10.6 Å². The van der Waals surface area contributed by atoms with Crippen molar-refractivity contribution in [2.45, 2.75) is 6.42 Å². The van der Waals surface area contributed by atoms with Crippen molar-refractivity contribution in [3.05, 3.63) is 51.6 Å². The molecule has 16 heavy (non-hydrogen) atoms. The van der Waals surface area contributed by atoms with Crippen molar-refractivity contribution in [2.75, 3.05) is 0 Å². The van der Waals surface area contributed by atoms with E-state index in [1.165, 1.54) is 4.57 Å². The van der Waals surface area contributed by atoms with Crippen LogP contribution in [0.3, 0.4) is 0 Å². The molecule has 0 saturated heterocycles. The summed E-state index contributed by atoms with van der Waals surface area (Å²) in [6.07, 6.45) is 4.35. The standard InChI is InChI=1S/C13H12N2O/c1-8-6-5-7-12-14-10(3)9(2)13(16)15(12)11(8)4/h5,7H,1-4,6H2. The average molecular weight is 212 g/mol. The Morgan fingerprint density at radius 3 is 2.62 bits per heavy atom. The predicted octanol–water partition coefficient (Wildman–Crippen LogP) is 0.508. The molecule has 0 fully saturated rings. The van der Waals surface area contributed by atoms with Crippen LogP contribution in [0, 0.1) is 0 Å². The van der Waals surface area contributed by atoms with Gasteiger partial charge in [-0.3, -0.25) is 9.36 Å². The van der Waals surface area contributed by atoms with Crippen LogP contribution in [0.15, 0.2) is 29.6 Å². The Kier molecular flexibility index (Phi) is 2.23. The van der Waals surface area contributed by atoms with Crippen molar-refractivity contribution in [1.29, 1.82) is 0 Å². The van der Waals surface area contributed by atoms with Crippen molar-refractivity contribution in [2.24, 2.45) is 0 Å². The topological polar surface area (TPSA) is 34.9 Å². The number of hydrogen-bond acceptors (Lipinski definition) is 2. The smallest absolute Gasteiger partial charge is 0.265 e. The lowest BCUT2D eigenvalue weighted by Crippen LogP contribution is -2.46. The van der Waals surface area contributed by atoms with Gasteiger partial charge in [-0.1, -0.05) is 32.4 Å². The fourth-order valence-corrected chi connectivity index (χ4v) is 1.57. The molecule has 0 aromatic carbocycles. The molecule has 0 saturated carbocycles. The molecular formula is C13H12N2O. The van der Waals surface area contributed by atoms with Crippen LogP contribution in [-0.2, 0) is 0 Å². The van der Waals surface area contributed by atoms with Gasteiger partial charge in [0.1, 0.15) is 5.82 Å². The highest BCUT2D eigenvalue weighted by molar-refractivity contribution is 5.67. The van der Waals surface area contributed by atoms with Crippen molar-refractivity contribution in [1.82, 2.24) is 9.55 Å². The van der Waals surface area contributed by atoms with Crippen LogP contribution in [0.1, 0.15) is 12.2 Å². The van der Waals surface area contributed by atoms with Gasteiger partial charge in [0.25, 0.3) is 5.56 Å². The molecule has 0 unspecified atom stereocenters. The molecule has 0 N–H and O–H groups in total. The summed E-state index contributed by atoms with van der Waals surface area (Å²) >= 11 is 0. The number of aromatic nitrogens is 2. The van der Waals surface area contributed by atoms with E-state index >= 15 is 0 Å². The molecule has 3 heteroatoms. The summed E-state index contributed by atoms with van der Waals surface area (Å²) in [5, 5.41) is 0.703. The maximum atomic E-state index is 12.0. The summed E-state index contributed by atoms with van der Waals surface area (Å²) in [6, 6.07) is 0. The molecule has 0 radical (unpaired) electrons. The first-order chi connectivity index (χ1) is 7.52. The molecule has 1 aliphatic rings. The second kappa shape index (κ2) is 3.45. The highest BCUT2D eigenvalue weighted by Crippen LogP contribution is 2.19. The molecule has 2 heterocycles. The predicted molar refractivity (Wildman–Crippen MR) is 66.9 cm³/mol. The summed E-state index contributed by atoms with van der Waals surface area (Å²) in [5.74, 6) is 0.533. The second-order valence-corrected chi connectivity index (χ2v) is 3.69. The third kappa shape index (κ3) is 1.37. The molecule has 3 nitrogen and oxygen atoms in total. The third-order valence-corrected chi connectivity index (χ3v) is 2.60. The van der Waals surface area contributed by atoms with Crippen LogP contribution in [0.4, 0.5) is 0 Å². The number of allylic oxidation sites excluding steroid dienone is 3. The van der Waals surface area contributed by atoms with E-state index < -0.39 is 0 Å². The van der Waals surface area contributed by atoms with Crippen LogP contribution in [-0.4, -0.2) is 9.55 Å². The summed E-state index contributed by atoms with van der Waals surface area (Å²) in [7, 11) is 0. The van der Waals surface area contributed by atoms with Gasteiger partial charge >= 0.3 is 0 Å². The van der Waals surface area contributed by atoms with Crippen LogP contribution in [0.25, 0.3) is 24.9 Å². The highest BCUT2D eigenvalue weighted by atomic mass is 16.1. The second-order valence-electron chi connectivity index (χ2n) is 3.69. The quantitative estimate of drug-likeness (QED) is 0.628. The lowest BCUT2D eigenvalue weighted by Gasteiger charge is -2.10. The zero-order valence-electron chi connectivity index (χ0n) is 8.99. The SMILES string of the molecule is C=C1CC=Cc2nc(=C)c(=C)c(=O)n2C1=C. The van der Waals surface area contributed by atoms with Gasteiger partial charge in [-0.15, -0.1) is 0 Å². The summed E-state index contributed by atoms with van der Waals surface area (Å²) in [5.41, 5.74) is 1.14. The van der Waals surface area contributed by atoms with Gasteiger partial charge < -0.3 is 0 Å². The Bertz CT molecular complexity index is 677. The van der Waals surface area contributed by atoms with Crippen molar-refractivity contribution in [3.8, 4) is 0 Å². The number of hydrogen-bond donors (Lipinski definition) is 0. The minimum absolute atomic E-state index is 0.229. The van der Waals surface area contributed by atoms with Crippen LogP contribution < -0.4 is 16.1 Å². The fourth-order valence-electron chi connectivity index (χ4n) is 1.57. The van der Waals surface area contributed by atoms with E-state index in [-0.39, 0.29) is 5.56 Å². The molecule has 1 aromatic heterocycles. The first-order valence-electron chi connectivity index (χ1n) is 4.87. The molecular weight excluding hydrogens is 200 g/mol. The van der Waals surface area contributed by atoms with E-state index in [2.05, 4.69) is 31.3 Å². The molecule has 0 bridgehead atoms. The zero-order valence-corrected chi connectivity index (χ0v) is 8.99. The normalized spacial score (nSPS) is 14.8. The first-order valence-corrected chi connectivity index (χ1v) is 4.87. The summed E-state index contributed by atoms with van der Waals surface area (Å²) < 4.78 is 1.43. The van der Waals surface area contributed by atoms with Crippen LogP contribution >= 0.6 is 0 Å². The lowest BCUT2D eigenvalue weighted by atomic mass is 10.2. The van der Waals surface area contributed by atoms with Gasteiger partial charge in [0.15, 0.2) is 0 Å². The Hall–Kier alpha value is -2.16. The number of fused-ring (bicyclic) bond motifs is 1. The van der Waals surface area contributed by atoms with E-state index in [0.29, 0.717) is 28.5 Å². The molecule has 2 rings (SSSR count). The Morgan fingerprint density at radius 2 is 1.94 bits per heavy atom. The monoisotopic (exact) mass is 212 g/mol. The van der Waals surface area contributed by atoms with E-state index in [1.54, 1.807) is 6.08 Å². The maximum absolute atomic E-state index is 12.0. The van der Waals surface area contributed by atoms with Crippen LogP contribution in [0.5, 0.6) is 0 Å². The van der Waals surface area contributed by atoms with Crippen molar-refractivity contribution >= 4 is 24.9 Å². The number of rotatable bonds is 0. The molecule has 0 atom stereocenters. The molecule has 0 spiro atoms. The van der Waals surface area contributed by atoms with Crippen molar-refractivity contribution < 1.29 is 0 Å². The first kappa shape index (κ1) is 10.4. The van der Waals surface area contributed by atoms with Gasteiger partial charge in [-0.05, 0) is 18.1 Å². The minimum atomic E-state index is -0.229. The summed E-state index contributed by atoms with van der Waals surface area (Å²) in [4.78, 5) is 16.2. The molecule has 0 aliphatic carbocycles. The lowest BCUT2D eigenvalue weighted by molar-refractivity contribution is 0.909. The Labute approximate surface area is 93.1 Å². The van der Waals surface area contributed by atoms with Crippen molar-refractivity contribution in [3.63, 3.8) is 0 Å². The highest BCUT2D eigenvalue weighted by Gasteiger charge is 2.12. The van der Waals surface area contributed by atoms with E-state index in [1.807, 2.05) is 6.08 Å². The van der Waals surface area contributed by atoms with Gasteiger partial charge in [0.2, 0.25) is 0 Å². The Morgan fingerprint density at radius 1 is 1.25 bits per heavy atom. The number of nitrogens with zero attached hydrogens (tertiary/aromatic N) is 2. The van der Waals surface area contributed by atoms with E-state index in [0.717, 1.165) is 5.57 Å².